The minimum Gasteiger partial charge on any atom is -0.289 e. The minimum absolute atomic E-state index is 0.0629. The zero-order chi connectivity index (χ0) is 22.8. The number of rotatable bonds is 6. The molecule has 1 aliphatic rings. The largest absolute Gasteiger partial charge is 0.417 e. The van der Waals surface area contributed by atoms with Gasteiger partial charge in [0.15, 0.2) is 5.78 Å². The van der Waals surface area contributed by atoms with E-state index in [1.807, 2.05) is 6.07 Å². The second kappa shape index (κ2) is 9.23. The van der Waals surface area contributed by atoms with E-state index in [0.29, 0.717) is 6.42 Å². The van der Waals surface area contributed by atoms with Gasteiger partial charge in [-0.25, -0.2) is 0 Å². The average molecular weight is 446 g/mol. The fourth-order valence-corrected chi connectivity index (χ4v) is 3.86. The molecule has 0 atom stereocenters. The van der Waals surface area contributed by atoms with Gasteiger partial charge in [0.1, 0.15) is 0 Å². The van der Waals surface area contributed by atoms with Crippen LogP contribution in [0.15, 0.2) is 61.2 Å². The maximum atomic E-state index is 13.4. The fourth-order valence-electron chi connectivity index (χ4n) is 3.69. The molecule has 0 amide bonds. The lowest BCUT2D eigenvalue weighted by Crippen LogP contribution is -2.13. The van der Waals surface area contributed by atoms with Gasteiger partial charge in [0.2, 0.25) is 0 Å². The van der Waals surface area contributed by atoms with Gasteiger partial charge >= 0.3 is 6.18 Å². The molecule has 162 valence electrons. The van der Waals surface area contributed by atoms with E-state index in [0.717, 1.165) is 48.7 Å². The Kier molecular flexibility index (Phi) is 6.85. The first kappa shape index (κ1) is 23.0. The third-order valence-corrected chi connectivity index (χ3v) is 5.65. The summed E-state index contributed by atoms with van der Waals surface area (Å²) >= 11 is 5.71. The quantitative estimate of drug-likeness (QED) is 0.273. The third kappa shape index (κ3) is 5.53. The van der Waals surface area contributed by atoms with Gasteiger partial charge in [-0.05, 0) is 67.0 Å². The number of hydrogen-bond acceptors (Lipinski definition) is 2. The van der Waals surface area contributed by atoms with Crippen molar-refractivity contribution >= 4 is 23.0 Å². The van der Waals surface area contributed by atoms with Crippen LogP contribution in [-0.4, -0.2) is 10.8 Å². The smallest absolute Gasteiger partial charge is 0.289 e. The number of Topliss-reactive ketones (excluding diaryl/α,β-unsaturated/α-hetero) is 1. The van der Waals surface area contributed by atoms with Crippen LogP contribution in [0.3, 0.4) is 0 Å². The molecule has 1 aromatic heterocycles. The number of halogens is 4. The van der Waals surface area contributed by atoms with Crippen molar-refractivity contribution in [1.29, 1.82) is 0 Å². The second-order valence-corrected chi connectivity index (χ2v) is 8.22. The molecule has 0 aliphatic heterocycles. The predicted octanol–water partition coefficient (Wildman–Crippen LogP) is 6.96. The highest BCUT2D eigenvalue weighted by Gasteiger charge is 2.35. The van der Waals surface area contributed by atoms with Crippen LogP contribution in [0.25, 0.3) is 5.57 Å². The molecule has 1 heterocycles. The fraction of sp³-hybridized carbons (Fsp3) is 0.280. The van der Waals surface area contributed by atoms with E-state index in [2.05, 4.69) is 25.8 Å². The Morgan fingerprint density at radius 2 is 1.87 bits per heavy atom. The molecule has 0 unspecified atom stereocenters. The zero-order valence-corrected chi connectivity index (χ0v) is 17.9. The Bertz CT molecular complexity index is 1070. The van der Waals surface area contributed by atoms with E-state index in [4.69, 9.17) is 16.6 Å². The monoisotopic (exact) mass is 445 g/mol. The molecule has 31 heavy (non-hydrogen) atoms. The number of hydrogen-bond donors (Lipinski definition) is 0. The number of benzene rings is 1. The van der Waals surface area contributed by atoms with Crippen LogP contribution in [0.1, 0.15) is 47.3 Å². The Labute approximate surface area is 185 Å². The summed E-state index contributed by atoms with van der Waals surface area (Å²) < 4.78 is 40.1. The molecule has 0 fully saturated rings. The van der Waals surface area contributed by atoms with E-state index in [9.17, 15) is 18.0 Å². The van der Waals surface area contributed by atoms with E-state index in [1.54, 1.807) is 0 Å². The second-order valence-electron chi connectivity index (χ2n) is 7.79. The zero-order valence-electron chi connectivity index (χ0n) is 17.1. The number of aryl methyl sites for hydroxylation is 2. The van der Waals surface area contributed by atoms with Crippen molar-refractivity contribution in [2.45, 2.75) is 44.7 Å². The molecule has 0 saturated carbocycles. The summed E-state index contributed by atoms with van der Waals surface area (Å²) in [5.74, 6) is -0.601. The Hall–Kier alpha value is -2.66. The number of nitrogens with zero attached hydrogens (tertiary/aromatic N) is 1. The Balaban J connectivity index is 1.71. The maximum Gasteiger partial charge on any atom is 0.417 e. The van der Waals surface area contributed by atoms with Crippen LogP contribution in [0.4, 0.5) is 13.2 Å². The number of aromatic nitrogens is 1. The molecule has 0 saturated heterocycles. The summed E-state index contributed by atoms with van der Waals surface area (Å²) in [5.41, 5.74) is 2.86. The lowest BCUT2D eigenvalue weighted by atomic mass is 9.92. The number of pyridine rings is 1. The van der Waals surface area contributed by atoms with Gasteiger partial charge in [-0.15, -0.1) is 0 Å². The van der Waals surface area contributed by atoms with Crippen molar-refractivity contribution in [3.8, 4) is 0 Å². The van der Waals surface area contributed by atoms with E-state index < -0.39 is 17.5 Å². The average Bonchev–Trinajstić information content (AvgIpc) is 2.90. The van der Waals surface area contributed by atoms with Gasteiger partial charge in [-0.3, -0.25) is 9.78 Å². The number of carbonyl (C=O) groups excluding carboxylic acids is 1. The first-order valence-corrected chi connectivity index (χ1v) is 10.4. The molecule has 0 radical (unpaired) electrons. The summed E-state index contributed by atoms with van der Waals surface area (Å²) in [5, 5.41) is -0.0629. The van der Waals surface area contributed by atoms with Gasteiger partial charge in [-0.2, -0.15) is 13.2 Å². The van der Waals surface area contributed by atoms with Crippen molar-refractivity contribution in [2.75, 3.05) is 0 Å². The summed E-state index contributed by atoms with van der Waals surface area (Å²) in [6.07, 6.45) is -0.148. The topological polar surface area (TPSA) is 30.0 Å². The standard InChI is InChI=1S/C25H23ClF3NO/c1-15-5-4-6-18-8-11-20(30-23(18)13-15)10-7-16(2)24(31)17(3)21-12-9-19(26)14-22(21)25(27,28)29/h8-9,11-12,14H,1-7,10,13H2. The lowest BCUT2D eigenvalue weighted by molar-refractivity contribution is -0.137. The molecule has 0 N–H and O–H groups in total. The molecule has 1 aliphatic carbocycles. The minimum atomic E-state index is -4.65. The number of alkyl halides is 3. The van der Waals surface area contributed by atoms with E-state index in [1.165, 1.54) is 17.7 Å². The van der Waals surface area contributed by atoms with Gasteiger partial charge in [0, 0.05) is 28.4 Å². The van der Waals surface area contributed by atoms with Crippen molar-refractivity contribution in [2.24, 2.45) is 0 Å². The van der Waals surface area contributed by atoms with Crippen molar-refractivity contribution in [3.05, 3.63) is 94.3 Å². The summed E-state index contributed by atoms with van der Waals surface area (Å²) in [4.78, 5) is 17.4. The number of carbonyl (C=O) groups is 1. The van der Waals surface area contributed by atoms with Crippen molar-refractivity contribution in [1.82, 2.24) is 4.98 Å². The predicted molar refractivity (Wildman–Crippen MR) is 118 cm³/mol. The van der Waals surface area contributed by atoms with Crippen LogP contribution in [0.5, 0.6) is 0 Å². The molecule has 1 aromatic carbocycles. The highest BCUT2D eigenvalue weighted by atomic mass is 35.5. The van der Waals surface area contributed by atoms with Crippen LogP contribution in [0, 0.1) is 0 Å². The molecule has 3 rings (SSSR count). The summed E-state index contributed by atoms with van der Waals surface area (Å²) in [7, 11) is 0. The molecular formula is C25H23ClF3NO. The molecular weight excluding hydrogens is 423 g/mol. The maximum absolute atomic E-state index is 13.4. The van der Waals surface area contributed by atoms with Gasteiger partial charge in [-0.1, -0.05) is 49.0 Å². The van der Waals surface area contributed by atoms with Crippen LogP contribution in [0.2, 0.25) is 5.02 Å². The van der Waals surface area contributed by atoms with Gasteiger partial charge in [0.05, 0.1) is 5.56 Å². The Morgan fingerprint density at radius 3 is 2.58 bits per heavy atom. The molecule has 2 aromatic rings. The van der Waals surface area contributed by atoms with Gasteiger partial charge in [0.25, 0.3) is 0 Å². The summed E-state index contributed by atoms with van der Waals surface area (Å²) in [6.45, 7) is 11.5. The van der Waals surface area contributed by atoms with E-state index >= 15 is 0 Å². The van der Waals surface area contributed by atoms with Crippen molar-refractivity contribution < 1.29 is 18.0 Å². The molecule has 2 nitrogen and oxygen atoms in total. The van der Waals surface area contributed by atoms with E-state index in [-0.39, 0.29) is 28.2 Å². The lowest BCUT2D eigenvalue weighted by Gasteiger charge is -2.15. The van der Waals surface area contributed by atoms with Crippen LogP contribution in [-0.2, 0) is 30.2 Å². The summed E-state index contributed by atoms with van der Waals surface area (Å²) in [6, 6.07) is 7.26. The SMILES string of the molecule is C=C1CCCc2ccc(CCC(=C)C(=O)C(=C)c3ccc(Cl)cc3C(F)(F)F)nc2C1. The van der Waals surface area contributed by atoms with Crippen LogP contribution >= 0.6 is 11.6 Å². The molecule has 0 bridgehead atoms. The number of fused-ring (bicyclic) bond motifs is 1. The Morgan fingerprint density at radius 1 is 1.13 bits per heavy atom. The third-order valence-electron chi connectivity index (χ3n) is 5.41. The molecule has 6 heteroatoms. The number of ketones is 1. The highest BCUT2D eigenvalue weighted by Crippen LogP contribution is 2.37. The van der Waals surface area contributed by atoms with Gasteiger partial charge < -0.3 is 0 Å². The first-order valence-electron chi connectivity index (χ1n) is 9.99. The van der Waals surface area contributed by atoms with Crippen molar-refractivity contribution in [3.63, 3.8) is 0 Å². The first-order chi connectivity index (χ1) is 14.6. The normalized spacial score (nSPS) is 14.0. The molecule has 0 spiro atoms. The highest BCUT2D eigenvalue weighted by molar-refractivity contribution is 6.31. The van der Waals surface area contributed by atoms with Crippen LogP contribution < -0.4 is 0 Å². The number of allylic oxidation sites excluding steroid dienone is 3.